The van der Waals surface area contributed by atoms with Gasteiger partial charge in [0.15, 0.2) is 11.4 Å². The maximum Gasteiger partial charge on any atom is 0.199 e. The predicted molar refractivity (Wildman–Crippen MR) is 593 cm³/mol. The van der Waals surface area contributed by atoms with Crippen LogP contribution in [-0.4, -0.2) is 27.4 Å². The molecule has 0 radical (unpaired) electrons. The van der Waals surface area contributed by atoms with Gasteiger partial charge in [-0.2, -0.15) is 10.5 Å². The van der Waals surface area contributed by atoms with E-state index in [0.717, 1.165) is 90.3 Å². The van der Waals surface area contributed by atoms with Crippen LogP contribution in [0.15, 0.2) is 162 Å². The van der Waals surface area contributed by atoms with Crippen molar-refractivity contribution in [2.24, 2.45) is 35.5 Å². The van der Waals surface area contributed by atoms with E-state index in [9.17, 15) is 10.5 Å². The average Bonchev–Trinajstić information content (AvgIpc) is 1.56. The molecule has 0 bridgehead atoms. The standard InChI is InChI=1S/C60H74N2O2S2.C29H28Br2N2O2S2.C29H40Br2/c1-11-17-20-43(14-4)37-60(38-44(15-5)21-18-12-2)54-31-41(7)23-28-50(54)51-29-25-46(33-55(51)60)59-30-27-48(66-59)32-47(39-61)52-35-57(63-10)53(56(62-9)34-49-26-24-42(8)65-49)36-58(52)64-40-45(16-6)22-19-13-3;1-5-7-8-19(6-2)18-35-27-16-24(25(33-3)14-22-10-12-29(31)37-22)26(34-4)15-23(27)20(17-32)13-21-9-11-28(30)36-21;1-5-9-11-21(7-3)19-29(20-22(8-4)12-10-6-2)27-17-23(30)13-15-25(27)26-16-14-24(31)18-28(26)29/h23-36,43-45H,11-22,37-38,40H2,1-8,10H3;9-16,19H,5-8,18H2,1-2,4H3;13-18,21-22H,5-12,19-20H2,1-4H3/b47-32+,56-34-;20-13+,25-14-;. The minimum absolute atomic E-state index is 0.0382. The van der Waals surface area contributed by atoms with Gasteiger partial charge in [-0.15, -0.1) is 45.3 Å². The molecule has 4 heterocycles. The first-order valence-electron chi connectivity index (χ1n) is 49.7. The monoisotopic (exact) mass is 2120 g/mol. The number of rotatable bonds is 49. The summed E-state index contributed by atoms with van der Waals surface area (Å²) in [5, 5.41) is 21.0. The van der Waals surface area contributed by atoms with Crippen LogP contribution in [0.3, 0.4) is 0 Å². The number of hydrogen-bond donors (Lipinski definition) is 0. The summed E-state index contributed by atoms with van der Waals surface area (Å²) < 4.78 is 29.3. The Morgan fingerprint density at radius 1 is 0.373 bits per heavy atom. The van der Waals surface area contributed by atoms with E-state index in [4.69, 9.17) is 32.1 Å². The summed E-state index contributed by atoms with van der Waals surface area (Å²) in [4.78, 5) is 14.1. The predicted octanol–water partition coefficient (Wildman–Crippen LogP) is 39.8. The molecule has 2 aliphatic carbocycles. The number of methoxy groups -OCH3 is 2. The second-order valence-corrected chi connectivity index (χ2v) is 46.2. The summed E-state index contributed by atoms with van der Waals surface area (Å²) in [6.45, 7) is 49.3. The second-order valence-electron chi connectivity index (χ2n) is 36.9. The maximum atomic E-state index is 10.9. The van der Waals surface area contributed by atoms with Crippen molar-refractivity contribution in [2.75, 3.05) is 27.4 Å². The van der Waals surface area contributed by atoms with Crippen molar-refractivity contribution in [1.82, 2.24) is 0 Å². The quantitative estimate of drug-likeness (QED) is 0.0279. The molecule has 0 amide bonds. The van der Waals surface area contributed by atoms with Crippen molar-refractivity contribution in [1.29, 1.82) is 10.5 Å². The molecule has 8 nitrogen and oxygen atoms in total. The maximum absolute atomic E-state index is 10.9. The van der Waals surface area contributed by atoms with E-state index < -0.39 is 0 Å². The lowest BCUT2D eigenvalue weighted by Crippen LogP contribution is -2.31. The fraction of sp³-hybridized carbons (Fsp3) is 0.458. The summed E-state index contributed by atoms with van der Waals surface area (Å²) in [6, 6.07) is 57.3. The molecular weight excluding hydrogens is 1990 g/mol. The molecule has 4 aromatic heterocycles. The minimum atomic E-state index is -0.0382. The van der Waals surface area contributed by atoms with Crippen LogP contribution in [0.2, 0.25) is 0 Å². The molecule has 6 aromatic carbocycles. The number of thiophene rings is 4. The third-order valence-electron chi connectivity index (χ3n) is 27.8. The lowest BCUT2D eigenvalue weighted by Gasteiger charge is -2.39. The fourth-order valence-corrected chi connectivity index (χ4v) is 25.1. The molecule has 6 atom stereocenters. The lowest BCUT2D eigenvalue weighted by atomic mass is 9.65. The Balaban J connectivity index is 0.000000230. The third kappa shape index (κ3) is 28.3. The molecule has 2 aliphatic rings. The Hall–Kier alpha value is -7.84. The van der Waals surface area contributed by atoms with Crippen LogP contribution in [0.1, 0.15) is 337 Å². The Morgan fingerprint density at radius 3 is 1.06 bits per heavy atom. The van der Waals surface area contributed by atoms with Crippen molar-refractivity contribution in [3.63, 3.8) is 0 Å². The van der Waals surface area contributed by atoms with Crippen molar-refractivity contribution < 1.29 is 18.9 Å². The molecule has 12 rings (SSSR count). The molecule has 0 saturated heterocycles. The summed E-state index contributed by atoms with van der Waals surface area (Å²) >= 11 is 21.1. The molecule has 0 saturated carbocycles. The molecule has 0 N–H and O–H groups in total. The first kappa shape index (κ1) is 108. The van der Waals surface area contributed by atoms with E-state index in [-0.39, 0.29) is 10.8 Å². The van der Waals surface area contributed by atoms with E-state index in [1.807, 2.05) is 78.9 Å². The highest BCUT2D eigenvalue weighted by molar-refractivity contribution is 9.11. The van der Waals surface area contributed by atoms with Gasteiger partial charge in [0.05, 0.1) is 71.4 Å². The van der Waals surface area contributed by atoms with Crippen molar-refractivity contribution >= 4 is 156 Å². The summed E-state index contributed by atoms with van der Waals surface area (Å²) in [6.07, 6.45) is 41.9. The highest BCUT2D eigenvalue weighted by Gasteiger charge is 2.48. The van der Waals surface area contributed by atoms with Gasteiger partial charge in [0.2, 0.25) is 0 Å². The van der Waals surface area contributed by atoms with Gasteiger partial charge in [-0.25, -0.2) is 9.69 Å². The van der Waals surface area contributed by atoms with E-state index in [1.165, 1.54) is 186 Å². The van der Waals surface area contributed by atoms with Crippen LogP contribution in [0.25, 0.3) is 89.2 Å². The van der Waals surface area contributed by atoms with Crippen molar-refractivity contribution in [3.05, 3.63) is 259 Å². The van der Waals surface area contributed by atoms with Gasteiger partial charge < -0.3 is 18.9 Å². The van der Waals surface area contributed by atoms with Crippen LogP contribution in [-0.2, 0) is 10.8 Å². The summed E-state index contributed by atoms with van der Waals surface area (Å²) in [5.41, 5.74) is 19.1. The third-order valence-corrected chi connectivity index (χ3v) is 33.9. The number of unbranched alkanes of at least 4 members (excludes halogenated alkanes) is 6. The fourth-order valence-electron chi connectivity index (χ4n) is 19.9. The number of halogens is 4. The topological polar surface area (TPSA) is 93.2 Å². The van der Waals surface area contributed by atoms with E-state index >= 15 is 0 Å². The number of allylic oxidation sites excluding steroid dienone is 2. The lowest BCUT2D eigenvalue weighted by molar-refractivity contribution is 0.232. The van der Waals surface area contributed by atoms with E-state index in [1.54, 1.807) is 76.3 Å². The van der Waals surface area contributed by atoms with Gasteiger partial charge in [0.1, 0.15) is 23.0 Å². The largest absolute Gasteiger partial charge is 0.497 e. The number of aryl methyl sites for hydroxylation is 2. The zero-order chi connectivity index (χ0) is 96.4. The number of nitrogens with zero attached hydrogens (tertiary/aromatic N) is 4. The zero-order valence-corrected chi connectivity index (χ0v) is 92.0. The highest BCUT2D eigenvalue weighted by Crippen LogP contribution is 2.60. The van der Waals surface area contributed by atoms with Crippen molar-refractivity contribution in [2.45, 2.75) is 288 Å². The van der Waals surface area contributed by atoms with Crippen molar-refractivity contribution in [3.8, 4) is 67.8 Å². The molecule has 6 unspecified atom stereocenters. The van der Waals surface area contributed by atoms with Crippen LogP contribution < -0.4 is 18.9 Å². The second kappa shape index (κ2) is 54.5. The molecular formula is C118H142Br4N4O4S4. The summed E-state index contributed by atoms with van der Waals surface area (Å²) in [5.74, 6) is 5.93. The molecule has 16 heteroatoms. The molecule has 10 aromatic rings. The van der Waals surface area contributed by atoms with Gasteiger partial charge in [0.25, 0.3) is 0 Å². The Labute approximate surface area is 855 Å². The molecule has 134 heavy (non-hydrogen) atoms. The normalized spacial score (nSPS) is 15.1. The van der Waals surface area contributed by atoms with Crippen LogP contribution in [0.5, 0.6) is 23.0 Å². The zero-order valence-electron chi connectivity index (χ0n) is 82.4. The number of hydrogen-bond acceptors (Lipinski definition) is 10. The Kier molecular flexibility index (Phi) is 44.0. The number of fused-ring (bicyclic) bond motifs is 6. The van der Waals surface area contributed by atoms with Gasteiger partial charge in [-0.3, -0.25) is 0 Å². The average molecular weight is 2130 g/mol. The number of benzene rings is 6. The smallest absolute Gasteiger partial charge is 0.199 e. The number of ether oxygens (including phenoxy) is 4. The van der Waals surface area contributed by atoms with Gasteiger partial charge in [-0.1, -0.05) is 304 Å². The van der Waals surface area contributed by atoms with E-state index in [2.05, 4.69) is 273 Å². The first-order chi connectivity index (χ1) is 65.0. The highest BCUT2D eigenvalue weighted by atomic mass is 79.9. The number of nitriles is 2. The van der Waals surface area contributed by atoms with Gasteiger partial charge >= 0.3 is 0 Å². The molecule has 0 fully saturated rings. The summed E-state index contributed by atoms with van der Waals surface area (Å²) in [7, 11) is 3.21. The molecule has 0 spiro atoms. The van der Waals surface area contributed by atoms with Crippen LogP contribution >= 0.6 is 109 Å². The Morgan fingerprint density at radius 2 is 0.709 bits per heavy atom. The SMILES string of the molecule is CCCCC(CC)CC1(CC(CC)CCCC)c2cc(Br)ccc2-c2ccc(Br)cc21.[C-]#[N+]/C(=C\c1ccc(Br)s1)c1cc(OCC(CC)CCCC)c(/C(C#N)=C/c2ccc(Br)s2)cc1OC.[C-]#[N+]/C(=C\c1ccc(C)s1)c1cc(OCC(CC)CCCC)c(/C(C#N)=C/c2ccc(-c3ccc4c(c3)C(CC(CC)CCCC)(CC(CC)CCCC)c3cc(C)ccc3-4)s2)cc1OC. The van der Waals surface area contributed by atoms with Gasteiger partial charge in [0, 0.05) is 71.3 Å². The molecule has 0 aliphatic heterocycles. The van der Waals surface area contributed by atoms with E-state index in [0.29, 0.717) is 105 Å². The molecule has 710 valence electrons. The van der Waals surface area contributed by atoms with Crippen LogP contribution in [0.4, 0.5) is 0 Å². The minimum Gasteiger partial charge on any atom is -0.497 e. The van der Waals surface area contributed by atoms with Crippen LogP contribution in [0, 0.1) is 85.2 Å². The van der Waals surface area contributed by atoms with Gasteiger partial charge in [-0.05, 0) is 297 Å². The Bertz CT molecular complexity index is 5720. The first-order valence-corrected chi connectivity index (χ1v) is 56.1.